The molecule has 5 atom stereocenters. The van der Waals surface area contributed by atoms with Gasteiger partial charge in [-0.3, -0.25) is 0 Å². The summed E-state index contributed by atoms with van der Waals surface area (Å²) in [5.41, 5.74) is 5.93. The first-order valence-corrected chi connectivity index (χ1v) is 31.8. The predicted molar refractivity (Wildman–Crippen MR) is 252 cm³/mol. The summed E-state index contributed by atoms with van der Waals surface area (Å²) in [6, 6.07) is 26.1. The molecule has 3 aromatic carbocycles. The van der Waals surface area contributed by atoms with Crippen molar-refractivity contribution in [1.29, 1.82) is 0 Å². The van der Waals surface area contributed by atoms with E-state index >= 15 is 0 Å². The van der Waals surface area contributed by atoms with Crippen LogP contribution < -0.4 is 30.7 Å². The molecular formula is C46H77NO2P4. The summed E-state index contributed by atoms with van der Waals surface area (Å²) < 4.78 is 15.6. The number of methoxy groups -OCH3 is 2. The van der Waals surface area contributed by atoms with Crippen LogP contribution in [-0.2, 0) is 6.42 Å². The van der Waals surface area contributed by atoms with Crippen LogP contribution in [-0.4, -0.2) is 85.8 Å². The Labute approximate surface area is 327 Å². The van der Waals surface area contributed by atoms with E-state index in [4.69, 9.17) is 9.47 Å². The average molecular weight is 800 g/mol. The molecule has 0 N–H and O–H groups in total. The van der Waals surface area contributed by atoms with Crippen LogP contribution >= 0.6 is 29.4 Å². The molecule has 3 saturated heterocycles. The predicted octanol–water partition coefficient (Wildman–Crippen LogP) is 10.3. The Morgan fingerprint density at radius 2 is 1.26 bits per heavy atom. The van der Waals surface area contributed by atoms with Gasteiger partial charge in [0.15, 0.2) is 0 Å². The summed E-state index contributed by atoms with van der Waals surface area (Å²) >= 11 is 0. The molecule has 0 aromatic heterocycles. The number of ether oxygens (including phenoxy) is 2. The van der Waals surface area contributed by atoms with Crippen molar-refractivity contribution in [2.45, 2.75) is 128 Å². The molecule has 0 spiro atoms. The monoisotopic (exact) mass is 799 g/mol. The SMILES string of the molecule is CC[C@@H]1CCC[PH]1(C)N(CCCc1ccc([PH]2(CC)[C@@H](C)CC[C@@H]2C)c([PH]2(C)[C@@H](C)CC[C@@H]2C)c1)[PH](C)(c1ccccc1OC)c1ccccc1OC. The number of para-hydroxylation sites is 2. The topological polar surface area (TPSA) is 21.7 Å². The van der Waals surface area contributed by atoms with Crippen LogP contribution in [0, 0.1) is 0 Å². The Hall–Kier alpha value is -1.06. The number of aryl methyl sites for hydroxylation is 1. The minimum absolute atomic E-state index is 0.812. The van der Waals surface area contributed by atoms with Gasteiger partial charge in [0.05, 0.1) is 0 Å². The zero-order chi connectivity index (χ0) is 38.2. The Morgan fingerprint density at radius 3 is 1.79 bits per heavy atom. The molecule has 0 saturated carbocycles. The van der Waals surface area contributed by atoms with Crippen LogP contribution in [0.3, 0.4) is 0 Å². The molecule has 3 aromatic rings. The van der Waals surface area contributed by atoms with E-state index in [0.717, 1.165) is 52.8 Å². The van der Waals surface area contributed by atoms with E-state index in [-0.39, 0.29) is 0 Å². The van der Waals surface area contributed by atoms with Gasteiger partial charge in [-0.25, -0.2) is 0 Å². The Kier molecular flexibility index (Phi) is 13.2. The van der Waals surface area contributed by atoms with Crippen molar-refractivity contribution in [1.82, 2.24) is 4.44 Å². The van der Waals surface area contributed by atoms with Crippen molar-refractivity contribution in [3.8, 4) is 11.5 Å². The van der Waals surface area contributed by atoms with E-state index in [0.29, 0.717) is 0 Å². The summed E-state index contributed by atoms with van der Waals surface area (Å²) in [6.45, 7) is 24.9. The Bertz CT molecular complexity index is 1640. The van der Waals surface area contributed by atoms with Gasteiger partial charge in [-0.15, -0.1) is 0 Å². The number of hydrogen-bond acceptors (Lipinski definition) is 3. The molecule has 3 fully saturated rings. The molecule has 53 heavy (non-hydrogen) atoms. The summed E-state index contributed by atoms with van der Waals surface area (Å²) in [6.07, 6.45) is 14.9. The molecule has 3 heterocycles. The van der Waals surface area contributed by atoms with Crippen molar-refractivity contribution in [3.63, 3.8) is 0 Å². The summed E-state index contributed by atoms with van der Waals surface area (Å²) in [5, 5.41) is 6.60. The second kappa shape index (κ2) is 16.8. The van der Waals surface area contributed by atoms with Gasteiger partial charge < -0.3 is 0 Å². The Balaban J connectivity index is 1.44. The third-order valence-electron chi connectivity index (χ3n) is 16.5. The third-order valence-corrected chi connectivity index (χ3v) is 42.1. The normalized spacial score (nSPS) is 28.4. The van der Waals surface area contributed by atoms with Crippen LogP contribution in [0.5, 0.6) is 11.5 Å². The molecule has 0 radical (unpaired) electrons. The van der Waals surface area contributed by atoms with E-state index < -0.39 is 29.4 Å². The molecule has 6 rings (SSSR count). The number of hydrogen-bond donors (Lipinski definition) is 0. The van der Waals surface area contributed by atoms with E-state index in [1.165, 1.54) is 74.3 Å². The fraction of sp³-hybridized carbons (Fsp3) is 0.609. The molecule has 3 nitrogen and oxygen atoms in total. The number of benzene rings is 3. The molecule has 0 unspecified atom stereocenters. The van der Waals surface area contributed by atoms with Crippen LogP contribution in [0.1, 0.15) is 98.5 Å². The summed E-state index contributed by atoms with van der Waals surface area (Å²) in [7, 11) is -4.01. The van der Waals surface area contributed by atoms with E-state index in [1.54, 1.807) is 5.56 Å². The first-order valence-electron chi connectivity index (χ1n) is 21.6. The second-order valence-corrected chi connectivity index (χ2v) is 37.6. The van der Waals surface area contributed by atoms with E-state index in [9.17, 15) is 0 Å². The fourth-order valence-electron chi connectivity index (χ4n) is 12.8. The van der Waals surface area contributed by atoms with Gasteiger partial charge in [-0.2, -0.15) is 0 Å². The standard InChI is InChI=1S/C46H77NO2P4/c1-12-40-21-19-33-50(40,9)47(52(11,43-24-16-14-22-41(43)48-7)44-25-17-15-23-42(44)49-8)32-18-20-39-30-31-45(53(13-2)37(5)28-29-38(53)6)46(34-39)51(10)35(3)26-27-36(51)4/h14-17,22-25,30-31,34-38,40,50-53H,12-13,18-21,26-29,32-33H2,1-11H3/t35-,36-,37-,38-,40+/m0/s1. The second-order valence-electron chi connectivity index (χ2n) is 18.4. The van der Waals surface area contributed by atoms with Crippen LogP contribution in [0.15, 0.2) is 66.7 Å². The Morgan fingerprint density at radius 1 is 0.717 bits per heavy atom. The quantitative estimate of drug-likeness (QED) is 0.152. The maximum absolute atomic E-state index is 6.22. The summed E-state index contributed by atoms with van der Waals surface area (Å²) in [4.78, 5) is 0. The van der Waals surface area contributed by atoms with Crippen LogP contribution in [0.4, 0.5) is 0 Å². The van der Waals surface area contributed by atoms with Gasteiger partial charge >= 0.3 is 329 Å². The molecule has 0 amide bonds. The fourth-order valence-corrected chi connectivity index (χ4v) is 38.9. The van der Waals surface area contributed by atoms with Crippen LogP contribution in [0.2, 0.25) is 0 Å². The van der Waals surface area contributed by atoms with Crippen molar-refractivity contribution < 1.29 is 9.47 Å². The van der Waals surface area contributed by atoms with Gasteiger partial charge in [0.25, 0.3) is 0 Å². The van der Waals surface area contributed by atoms with Gasteiger partial charge in [0.2, 0.25) is 0 Å². The molecular weight excluding hydrogens is 722 g/mol. The molecule has 0 aliphatic carbocycles. The van der Waals surface area contributed by atoms with Crippen LogP contribution in [0.25, 0.3) is 0 Å². The van der Waals surface area contributed by atoms with Gasteiger partial charge in [0, 0.05) is 0 Å². The van der Waals surface area contributed by atoms with Crippen molar-refractivity contribution >= 4 is 50.6 Å². The molecule has 3 aliphatic rings. The molecule has 298 valence electrons. The van der Waals surface area contributed by atoms with Crippen molar-refractivity contribution in [3.05, 3.63) is 72.3 Å². The number of nitrogens with zero attached hydrogens (tertiary/aromatic N) is 1. The number of rotatable bonds is 14. The average Bonchev–Trinajstić information content (AvgIpc) is 3.80. The first-order chi connectivity index (χ1) is 25.4. The zero-order valence-electron chi connectivity index (χ0n) is 35.5. The third kappa shape index (κ3) is 7.01. The molecule has 3 aliphatic heterocycles. The molecule has 0 bridgehead atoms. The minimum atomic E-state index is -2.56. The maximum atomic E-state index is 6.22. The van der Waals surface area contributed by atoms with Gasteiger partial charge in [-0.05, 0) is 0 Å². The van der Waals surface area contributed by atoms with E-state index in [1.807, 2.05) is 24.8 Å². The zero-order valence-corrected chi connectivity index (χ0v) is 39.5. The summed E-state index contributed by atoms with van der Waals surface area (Å²) in [5.74, 6) is 2.06. The molecule has 7 heteroatoms. The van der Waals surface area contributed by atoms with Crippen molar-refractivity contribution in [2.24, 2.45) is 0 Å². The van der Waals surface area contributed by atoms with Gasteiger partial charge in [-0.1, -0.05) is 0 Å². The van der Waals surface area contributed by atoms with E-state index in [2.05, 4.69) is 133 Å². The van der Waals surface area contributed by atoms with Crippen molar-refractivity contribution in [2.75, 3.05) is 53.1 Å². The van der Waals surface area contributed by atoms with Gasteiger partial charge in [0.1, 0.15) is 0 Å². The first kappa shape index (κ1) is 41.6.